The van der Waals surface area contributed by atoms with Gasteiger partial charge in [0.15, 0.2) is 0 Å². The van der Waals surface area contributed by atoms with Gasteiger partial charge in [0.25, 0.3) is 0 Å². The van der Waals surface area contributed by atoms with Crippen LogP contribution in [0.2, 0.25) is 0 Å². The van der Waals surface area contributed by atoms with Crippen LogP contribution in [-0.2, 0) is 0 Å². The Balaban J connectivity index is 2.40. The van der Waals surface area contributed by atoms with E-state index in [-0.39, 0.29) is 11.3 Å². The number of benzene rings is 1. The van der Waals surface area contributed by atoms with Gasteiger partial charge in [-0.1, -0.05) is 0 Å². The second kappa shape index (κ2) is 4.37. The molecule has 86 valence electrons. The van der Waals surface area contributed by atoms with Crippen LogP contribution in [0.4, 0.5) is 8.78 Å². The van der Waals surface area contributed by atoms with Gasteiger partial charge in [0, 0.05) is 17.8 Å². The number of halogens is 2. The van der Waals surface area contributed by atoms with Crippen molar-refractivity contribution in [3.05, 3.63) is 59.2 Å². The Morgan fingerprint density at radius 1 is 1.06 bits per heavy atom. The maximum atomic E-state index is 12.9. The molecule has 0 N–H and O–H groups in total. The maximum Gasteiger partial charge on any atom is 0.213 e. The standard InChI is InChI=1S/C12H8F2N2O/c1-7-5-16-11(6-15-7)12(17)8-2-9(13)4-10(14)3-8/h2-6H,1H3. The van der Waals surface area contributed by atoms with Crippen molar-refractivity contribution in [3.8, 4) is 0 Å². The molecule has 0 spiro atoms. The Morgan fingerprint density at radius 2 is 1.71 bits per heavy atom. The molecule has 2 rings (SSSR count). The molecular weight excluding hydrogens is 226 g/mol. The highest BCUT2D eigenvalue weighted by Gasteiger charge is 2.13. The highest BCUT2D eigenvalue weighted by Crippen LogP contribution is 2.11. The Morgan fingerprint density at radius 3 is 2.24 bits per heavy atom. The van der Waals surface area contributed by atoms with E-state index in [1.54, 1.807) is 6.92 Å². The molecule has 3 nitrogen and oxygen atoms in total. The Labute approximate surface area is 96.2 Å². The number of hydrogen-bond acceptors (Lipinski definition) is 3. The molecule has 0 aliphatic heterocycles. The number of nitrogens with zero attached hydrogens (tertiary/aromatic N) is 2. The van der Waals surface area contributed by atoms with Crippen LogP contribution >= 0.6 is 0 Å². The quantitative estimate of drug-likeness (QED) is 0.749. The summed E-state index contributed by atoms with van der Waals surface area (Å²) in [4.78, 5) is 19.6. The Bertz CT molecular complexity index is 547. The van der Waals surface area contributed by atoms with Crippen LogP contribution in [0.1, 0.15) is 21.7 Å². The van der Waals surface area contributed by atoms with Gasteiger partial charge in [-0.05, 0) is 19.1 Å². The minimum absolute atomic E-state index is 0.0561. The number of aromatic nitrogens is 2. The minimum atomic E-state index is -0.798. The van der Waals surface area contributed by atoms with Gasteiger partial charge < -0.3 is 0 Å². The van der Waals surface area contributed by atoms with Gasteiger partial charge in [-0.25, -0.2) is 13.8 Å². The lowest BCUT2D eigenvalue weighted by Crippen LogP contribution is -2.06. The van der Waals surface area contributed by atoms with E-state index in [4.69, 9.17) is 0 Å². The van der Waals surface area contributed by atoms with Crippen LogP contribution in [-0.4, -0.2) is 15.8 Å². The van der Waals surface area contributed by atoms with Gasteiger partial charge in [-0.15, -0.1) is 0 Å². The third kappa shape index (κ3) is 2.50. The predicted octanol–water partition coefficient (Wildman–Crippen LogP) is 2.29. The molecule has 0 saturated carbocycles. The summed E-state index contributed by atoms with van der Waals surface area (Å²) in [6.45, 7) is 1.73. The van der Waals surface area contributed by atoms with Gasteiger partial charge in [-0.2, -0.15) is 0 Å². The summed E-state index contributed by atoms with van der Waals surface area (Å²) in [5, 5.41) is 0. The molecule has 1 aromatic heterocycles. The molecule has 0 amide bonds. The van der Waals surface area contributed by atoms with Crippen LogP contribution in [0, 0.1) is 18.6 Å². The molecule has 0 radical (unpaired) electrons. The molecule has 0 aliphatic carbocycles. The normalized spacial score (nSPS) is 10.3. The lowest BCUT2D eigenvalue weighted by atomic mass is 10.1. The minimum Gasteiger partial charge on any atom is -0.287 e. The number of rotatable bonds is 2. The van der Waals surface area contributed by atoms with Crippen molar-refractivity contribution in [1.82, 2.24) is 9.97 Å². The average Bonchev–Trinajstić information content (AvgIpc) is 2.28. The fourth-order valence-electron chi connectivity index (χ4n) is 1.34. The molecule has 5 heteroatoms. The van der Waals surface area contributed by atoms with Crippen LogP contribution in [0.3, 0.4) is 0 Å². The fraction of sp³-hybridized carbons (Fsp3) is 0.0833. The van der Waals surface area contributed by atoms with E-state index < -0.39 is 17.4 Å². The van der Waals surface area contributed by atoms with Crippen LogP contribution < -0.4 is 0 Å². The zero-order valence-electron chi connectivity index (χ0n) is 8.95. The first-order valence-corrected chi connectivity index (χ1v) is 4.86. The van der Waals surface area contributed by atoms with E-state index in [1.807, 2.05) is 0 Å². The van der Waals surface area contributed by atoms with E-state index >= 15 is 0 Å². The topological polar surface area (TPSA) is 42.9 Å². The first kappa shape index (κ1) is 11.3. The molecule has 2 aromatic rings. The zero-order chi connectivity index (χ0) is 12.4. The molecule has 17 heavy (non-hydrogen) atoms. The highest BCUT2D eigenvalue weighted by molar-refractivity contribution is 6.07. The summed E-state index contributed by atoms with van der Waals surface area (Å²) in [6.07, 6.45) is 2.70. The van der Waals surface area contributed by atoms with Crippen LogP contribution in [0.15, 0.2) is 30.6 Å². The van der Waals surface area contributed by atoms with Gasteiger partial charge in [0.05, 0.1) is 11.9 Å². The van der Waals surface area contributed by atoms with Crippen molar-refractivity contribution in [1.29, 1.82) is 0 Å². The van der Waals surface area contributed by atoms with E-state index in [1.165, 1.54) is 12.4 Å². The third-order valence-electron chi connectivity index (χ3n) is 2.14. The van der Waals surface area contributed by atoms with Crippen molar-refractivity contribution in [2.24, 2.45) is 0 Å². The van der Waals surface area contributed by atoms with E-state index in [2.05, 4.69) is 9.97 Å². The smallest absolute Gasteiger partial charge is 0.213 e. The Kier molecular flexibility index (Phi) is 2.91. The van der Waals surface area contributed by atoms with Crippen LogP contribution in [0.5, 0.6) is 0 Å². The van der Waals surface area contributed by atoms with E-state index in [0.29, 0.717) is 11.8 Å². The molecular formula is C12H8F2N2O. The monoisotopic (exact) mass is 234 g/mol. The summed E-state index contributed by atoms with van der Waals surface area (Å²) >= 11 is 0. The van der Waals surface area contributed by atoms with Crippen molar-refractivity contribution in [2.45, 2.75) is 6.92 Å². The molecule has 0 saturated heterocycles. The second-order valence-electron chi connectivity index (χ2n) is 3.53. The predicted molar refractivity (Wildman–Crippen MR) is 56.6 cm³/mol. The largest absolute Gasteiger partial charge is 0.287 e. The lowest BCUT2D eigenvalue weighted by Gasteiger charge is -2.01. The van der Waals surface area contributed by atoms with Crippen molar-refractivity contribution >= 4 is 5.78 Å². The summed E-state index contributed by atoms with van der Waals surface area (Å²) in [5.41, 5.74) is 0.633. The van der Waals surface area contributed by atoms with Crippen molar-refractivity contribution in [2.75, 3.05) is 0 Å². The summed E-state index contributed by atoms with van der Waals surface area (Å²) in [5.74, 6) is -2.15. The van der Waals surface area contributed by atoms with Gasteiger partial charge in [0.1, 0.15) is 17.3 Å². The van der Waals surface area contributed by atoms with Gasteiger partial charge in [0.2, 0.25) is 5.78 Å². The Hall–Kier alpha value is -2.17. The fourth-order valence-corrected chi connectivity index (χ4v) is 1.34. The molecule has 0 aliphatic rings. The summed E-state index contributed by atoms with van der Waals surface area (Å²) in [7, 11) is 0. The molecule has 0 atom stereocenters. The van der Waals surface area contributed by atoms with Crippen molar-refractivity contribution in [3.63, 3.8) is 0 Å². The molecule has 0 bridgehead atoms. The molecule has 1 heterocycles. The SMILES string of the molecule is Cc1cnc(C(=O)c2cc(F)cc(F)c2)cn1. The molecule has 0 fully saturated rings. The molecule has 1 aromatic carbocycles. The van der Waals surface area contributed by atoms with Crippen molar-refractivity contribution < 1.29 is 13.6 Å². The number of hydrogen-bond donors (Lipinski definition) is 0. The van der Waals surface area contributed by atoms with Crippen LogP contribution in [0.25, 0.3) is 0 Å². The number of ketones is 1. The first-order chi connectivity index (χ1) is 8.06. The number of carbonyl (C=O) groups excluding carboxylic acids is 1. The average molecular weight is 234 g/mol. The van der Waals surface area contributed by atoms with E-state index in [9.17, 15) is 13.6 Å². The molecule has 0 unspecified atom stereocenters. The first-order valence-electron chi connectivity index (χ1n) is 4.86. The third-order valence-corrected chi connectivity index (χ3v) is 2.14. The van der Waals surface area contributed by atoms with E-state index in [0.717, 1.165) is 12.1 Å². The number of aryl methyl sites for hydroxylation is 1. The lowest BCUT2D eigenvalue weighted by molar-refractivity contribution is 0.103. The van der Waals surface area contributed by atoms with Gasteiger partial charge >= 0.3 is 0 Å². The van der Waals surface area contributed by atoms with Gasteiger partial charge in [-0.3, -0.25) is 9.78 Å². The second-order valence-corrected chi connectivity index (χ2v) is 3.53. The summed E-state index contributed by atoms with van der Waals surface area (Å²) < 4.78 is 25.9. The maximum absolute atomic E-state index is 12.9. The number of carbonyl (C=O) groups is 1. The zero-order valence-corrected chi connectivity index (χ0v) is 8.95. The highest BCUT2D eigenvalue weighted by atomic mass is 19.1. The summed E-state index contributed by atoms with van der Waals surface area (Å²) in [6, 6.07) is 2.64.